The monoisotopic (exact) mass is 586 g/mol. The fourth-order valence-electron chi connectivity index (χ4n) is 5.18. The molecule has 1 aliphatic heterocycles. The first-order valence-electron chi connectivity index (χ1n) is 13.4. The van der Waals surface area contributed by atoms with E-state index in [9.17, 15) is 30.3 Å². The number of nitrogens with zero attached hydrogens (tertiary/aromatic N) is 4. The predicted octanol–water partition coefficient (Wildman–Crippen LogP) is -1.35. The summed E-state index contributed by atoms with van der Waals surface area (Å²) in [6.45, 7) is 0.000792. The van der Waals surface area contributed by atoms with Gasteiger partial charge in [0.25, 0.3) is 0 Å². The molecule has 1 saturated heterocycles. The number of aliphatic hydroxyl groups is 5. The third kappa shape index (κ3) is 5.74. The molecule has 0 saturated carbocycles. The number of hydrogen-bond donors (Lipinski definition) is 7. The average molecular weight is 587 g/mol. The summed E-state index contributed by atoms with van der Waals surface area (Å²) < 4.78 is 18.1. The van der Waals surface area contributed by atoms with Crippen molar-refractivity contribution < 1.29 is 44.5 Å². The Morgan fingerprint density at radius 1 is 1.10 bits per heavy atom. The van der Waals surface area contributed by atoms with Crippen LogP contribution >= 0.6 is 0 Å². The van der Waals surface area contributed by atoms with Gasteiger partial charge in [-0.05, 0) is 30.2 Å². The number of ether oxygens (including phenoxy) is 3. The van der Waals surface area contributed by atoms with Crippen molar-refractivity contribution in [2.75, 3.05) is 32.7 Å². The molecule has 1 fully saturated rings. The van der Waals surface area contributed by atoms with Gasteiger partial charge in [0.1, 0.15) is 36.8 Å². The van der Waals surface area contributed by atoms with Crippen LogP contribution in [-0.2, 0) is 16.0 Å². The summed E-state index contributed by atoms with van der Waals surface area (Å²) >= 11 is 0. The lowest BCUT2D eigenvalue weighted by Gasteiger charge is -2.29. The molecule has 1 aliphatic carbocycles. The van der Waals surface area contributed by atoms with Gasteiger partial charge in [-0.2, -0.15) is 0 Å². The smallest absolute Gasteiger partial charge is 0.247 e. The number of imidazole rings is 1. The lowest BCUT2D eigenvalue weighted by Crippen LogP contribution is -2.49. The molecule has 15 nitrogen and oxygen atoms in total. The van der Waals surface area contributed by atoms with Crippen LogP contribution in [0.3, 0.4) is 0 Å². The second-order valence-corrected chi connectivity index (χ2v) is 10.1. The van der Waals surface area contributed by atoms with Gasteiger partial charge in [-0.25, -0.2) is 15.0 Å². The molecule has 7 N–H and O–H groups in total. The Hall–Kier alpha value is -3.86. The van der Waals surface area contributed by atoms with E-state index < -0.39 is 55.3 Å². The van der Waals surface area contributed by atoms with Gasteiger partial charge in [0.2, 0.25) is 5.91 Å². The van der Waals surface area contributed by atoms with Crippen LogP contribution in [0.15, 0.2) is 42.5 Å². The van der Waals surface area contributed by atoms with Crippen LogP contribution in [0.1, 0.15) is 18.2 Å². The number of methoxy groups -OCH3 is 2. The van der Waals surface area contributed by atoms with Crippen LogP contribution in [0.25, 0.3) is 11.2 Å². The highest BCUT2D eigenvalue weighted by atomic mass is 16.5. The molecule has 226 valence electrons. The molecule has 0 radical (unpaired) electrons. The zero-order valence-electron chi connectivity index (χ0n) is 23.0. The zero-order valence-corrected chi connectivity index (χ0v) is 23.0. The van der Waals surface area contributed by atoms with Crippen LogP contribution in [0.5, 0.6) is 11.5 Å². The third-order valence-electron chi connectivity index (χ3n) is 7.47. The zero-order chi connectivity index (χ0) is 30.0. The molecule has 3 heterocycles. The minimum atomic E-state index is -1.42. The van der Waals surface area contributed by atoms with Gasteiger partial charge in [-0.3, -0.25) is 9.36 Å². The van der Waals surface area contributed by atoms with Gasteiger partial charge in [0.15, 0.2) is 34.7 Å². The van der Waals surface area contributed by atoms with E-state index in [4.69, 9.17) is 14.2 Å². The molecule has 3 aromatic rings. The molecule has 1 amide bonds. The number of aliphatic hydroxyl groups excluding tert-OH is 5. The van der Waals surface area contributed by atoms with Crippen LogP contribution < -0.4 is 20.1 Å². The maximum atomic E-state index is 13.0. The van der Waals surface area contributed by atoms with Gasteiger partial charge in [0, 0.05) is 18.5 Å². The van der Waals surface area contributed by atoms with Crippen molar-refractivity contribution in [1.29, 1.82) is 0 Å². The first-order chi connectivity index (χ1) is 20.2. The van der Waals surface area contributed by atoms with Gasteiger partial charge >= 0.3 is 0 Å². The van der Waals surface area contributed by atoms with E-state index in [0.717, 1.165) is 11.6 Å². The molecule has 3 unspecified atom stereocenters. The summed E-state index contributed by atoms with van der Waals surface area (Å²) in [5.41, 5.74) is 1.84. The molecule has 5 rings (SSSR count). The molecule has 15 heteroatoms. The molecule has 1 aromatic carbocycles. The Kier molecular flexibility index (Phi) is 8.86. The predicted molar refractivity (Wildman–Crippen MR) is 147 cm³/mol. The Morgan fingerprint density at radius 2 is 1.88 bits per heavy atom. The summed E-state index contributed by atoms with van der Waals surface area (Å²) in [5.74, 6) is 1.06. The number of fused-ring (bicyclic) bond motifs is 1. The Labute approximate surface area is 240 Å². The molecular weight excluding hydrogens is 552 g/mol. The van der Waals surface area contributed by atoms with E-state index in [-0.39, 0.29) is 12.0 Å². The Balaban J connectivity index is 1.34. The number of carbonyl (C=O) groups is 1. The molecule has 0 spiro atoms. The van der Waals surface area contributed by atoms with Gasteiger partial charge < -0.3 is 50.4 Å². The van der Waals surface area contributed by atoms with Crippen LogP contribution in [-0.4, -0.2) is 115 Å². The largest absolute Gasteiger partial charge is 0.493 e. The van der Waals surface area contributed by atoms with Crippen molar-refractivity contribution in [1.82, 2.24) is 24.8 Å². The van der Waals surface area contributed by atoms with E-state index >= 15 is 0 Å². The lowest BCUT2D eigenvalue weighted by molar-refractivity contribution is -0.121. The number of amides is 1. The van der Waals surface area contributed by atoms with Crippen molar-refractivity contribution in [3.8, 4) is 11.5 Å². The maximum Gasteiger partial charge on any atom is 0.247 e. The van der Waals surface area contributed by atoms with E-state index in [0.29, 0.717) is 41.4 Å². The molecule has 2 aromatic heterocycles. The Morgan fingerprint density at radius 3 is 2.60 bits per heavy atom. The number of hydrogen-bond acceptors (Lipinski definition) is 13. The normalized spacial score (nSPS) is 27.5. The number of carbonyl (C=O) groups excluding carboxylic acids is 1. The SMILES string of the molecule is COc1ccc(CCNc2ncnc3c2ncn3[C@@H]2O[C@H](CO)[C@@H](O)[C@H]2NC(=O)C2=CC(O)C(O)C(O)C2)cc1OC. The summed E-state index contributed by atoms with van der Waals surface area (Å²) in [4.78, 5) is 26.1. The number of benzene rings is 1. The second-order valence-electron chi connectivity index (χ2n) is 10.1. The number of anilines is 1. The standard InChI is InChI=1S/C27H34N6O9/c1-40-17-4-3-13(7-18(17)41-2)5-6-28-24-21-25(30-11-29-24)33(12-31-21)27-20(23(38)19(10-34)42-27)32-26(39)14-8-15(35)22(37)16(36)9-14/h3-4,7-8,11-12,15-16,19-20,22-23,27,34-38H,5-6,9-10H2,1-2H3,(H,32,39)(H,28,29,30)/t15?,16?,19-,20-,22?,23-,27-/m1/s1. The molecule has 7 atom stereocenters. The fourth-order valence-corrected chi connectivity index (χ4v) is 5.18. The van der Waals surface area contributed by atoms with Crippen LogP contribution in [0.4, 0.5) is 5.82 Å². The highest BCUT2D eigenvalue weighted by Gasteiger charge is 2.46. The lowest BCUT2D eigenvalue weighted by atomic mass is 9.91. The van der Waals surface area contributed by atoms with Crippen LogP contribution in [0.2, 0.25) is 0 Å². The fraction of sp³-hybridized carbons (Fsp3) is 0.481. The second kappa shape index (κ2) is 12.6. The number of nitrogens with one attached hydrogen (secondary N) is 2. The van der Waals surface area contributed by atoms with Crippen molar-refractivity contribution >= 4 is 22.9 Å². The van der Waals surface area contributed by atoms with E-state index in [2.05, 4.69) is 25.6 Å². The highest BCUT2D eigenvalue weighted by Crippen LogP contribution is 2.33. The van der Waals surface area contributed by atoms with Gasteiger partial charge in [-0.15, -0.1) is 0 Å². The van der Waals surface area contributed by atoms with E-state index in [1.807, 2.05) is 18.2 Å². The minimum absolute atomic E-state index is 0.0393. The average Bonchev–Trinajstić information content (AvgIpc) is 3.56. The summed E-state index contributed by atoms with van der Waals surface area (Å²) in [7, 11) is 3.15. The summed E-state index contributed by atoms with van der Waals surface area (Å²) in [6.07, 6.45) is -3.08. The van der Waals surface area contributed by atoms with Crippen molar-refractivity contribution in [3.05, 3.63) is 48.1 Å². The first kappa shape index (κ1) is 29.6. The van der Waals surface area contributed by atoms with Gasteiger partial charge in [-0.1, -0.05) is 6.07 Å². The third-order valence-corrected chi connectivity index (χ3v) is 7.47. The molecule has 42 heavy (non-hydrogen) atoms. The first-order valence-corrected chi connectivity index (χ1v) is 13.4. The minimum Gasteiger partial charge on any atom is -0.493 e. The summed E-state index contributed by atoms with van der Waals surface area (Å²) in [5, 5.41) is 56.3. The number of aromatic nitrogens is 4. The molecule has 0 bridgehead atoms. The van der Waals surface area contributed by atoms with Crippen LogP contribution in [0, 0.1) is 0 Å². The maximum absolute atomic E-state index is 13.0. The van der Waals surface area contributed by atoms with E-state index in [1.54, 1.807) is 14.2 Å². The topological polar surface area (TPSA) is 214 Å². The van der Waals surface area contributed by atoms with Gasteiger partial charge in [0.05, 0.1) is 33.3 Å². The van der Waals surface area contributed by atoms with E-state index in [1.165, 1.54) is 17.2 Å². The summed E-state index contributed by atoms with van der Waals surface area (Å²) in [6, 6.07) is 4.62. The number of rotatable bonds is 10. The van der Waals surface area contributed by atoms with Crippen molar-refractivity contribution in [2.24, 2.45) is 0 Å². The quantitative estimate of drug-likeness (QED) is 0.146. The van der Waals surface area contributed by atoms with Crippen molar-refractivity contribution in [2.45, 2.75) is 55.6 Å². The highest BCUT2D eigenvalue weighted by molar-refractivity contribution is 5.94. The molecular formula is C27H34N6O9. The Bertz CT molecular complexity index is 1450. The van der Waals surface area contributed by atoms with Crippen molar-refractivity contribution in [3.63, 3.8) is 0 Å². The molecule has 2 aliphatic rings.